The lowest BCUT2D eigenvalue weighted by atomic mass is 10.4. The first-order valence-electron chi connectivity index (χ1n) is 6.32. The topological polar surface area (TPSA) is 61.8 Å². The van der Waals surface area contributed by atoms with E-state index in [1.807, 2.05) is 30.3 Å². The predicted octanol–water partition coefficient (Wildman–Crippen LogP) is 1.75. The van der Waals surface area contributed by atoms with Gasteiger partial charge in [0.25, 0.3) is 0 Å². The molecule has 0 unspecified atom stereocenters. The van der Waals surface area contributed by atoms with Gasteiger partial charge in [-0.25, -0.2) is 0 Å². The summed E-state index contributed by atoms with van der Waals surface area (Å²) in [7, 11) is 1.56. The molecule has 0 radical (unpaired) electrons. The summed E-state index contributed by atoms with van der Waals surface area (Å²) in [5.41, 5.74) is 0. The molecule has 0 saturated heterocycles. The van der Waals surface area contributed by atoms with Gasteiger partial charge in [-0.15, -0.1) is 0 Å². The fraction of sp³-hybridized carbons (Fsp3) is 0.357. The number of hydrogen-bond acceptors (Lipinski definition) is 5. The van der Waals surface area contributed by atoms with E-state index in [9.17, 15) is 4.79 Å². The summed E-state index contributed by atoms with van der Waals surface area (Å²) in [5.74, 6) is -0.142. The molecule has 0 fully saturated rings. The van der Waals surface area contributed by atoms with Crippen LogP contribution in [-0.2, 0) is 9.53 Å². The Kier molecular flexibility index (Phi) is 8.73. The predicted molar refractivity (Wildman–Crippen MR) is 79.7 cm³/mol. The highest BCUT2D eigenvalue weighted by atomic mass is 32.2. The molecule has 0 aromatic heterocycles. The van der Waals surface area contributed by atoms with Crippen molar-refractivity contribution in [1.82, 2.24) is 10.4 Å². The average molecular weight is 296 g/mol. The molecule has 0 aliphatic rings. The maximum absolute atomic E-state index is 11.5. The summed E-state index contributed by atoms with van der Waals surface area (Å²) >= 11 is 1.49. The number of thioether (sulfide) groups is 1. The molecule has 0 spiro atoms. The van der Waals surface area contributed by atoms with Crippen molar-refractivity contribution in [3.8, 4) is 0 Å². The Morgan fingerprint density at radius 3 is 2.85 bits per heavy atom. The molecule has 0 aliphatic carbocycles. The van der Waals surface area contributed by atoms with Gasteiger partial charge in [0.05, 0.1) is 13.2 Å². The van der Waals surface area contributed by atoms with E-state index in [1.54, 1.807) is 12.5 Å². The third kappa shape index (κ3) is 8.71. The molecular formula is C14H20N2O3S. The molecule has 2 N–H and O–H groups in total. The molecule has 110 valence electrons. The van der Waals surface area contributed by atoms with Gasteiger partial charge in [0, 0.05) is 31.1 Å². The Morgan fingerprint density at radius 1 is 1.40 bits per heavy atom. The Labute approximate surface area is 123 Å². The van der Waals surface area contributed by atoms with Crippen LogP contribution in [0.5, 0.6) is 0 Å². The molecule has 0 heterocycles. The van der Waals surface area contributed by atoms with Crippen LogP contribution in [0.15, 0.2) is 46.7 Å². The van der Waals surface area contributed by atoms with Gasteiger partial charge in [0.15, 0.2) is 0 Å². The molecule has 0 saturated carbocycles. The number of benzene rings is 1. The number of nitrogens with zero attached hydrogens (tertiary/aromatic N) is 1. The summed E-state index contributed by atoms with van der Waals surface area (Å²) in [6, 6.07) is 9.83. The molecule has 6 heteroatoms. The normalized spacial score (nSPS) is 11.2. The fourth-order valence-electron chi connectivity index (χ4n) is 1.28. The summed E-state index contributed by atoms with van der Waals surface area (Å²) < 4.78 is 5.22. The molecule has 0 bridgehead atoms. The largest absolute Gasteiger partial charge is 0.378 e. The van der Waals surface area contributed by atoms with Gasteiger partial charge in [-0.2, -0.15) is 5.06 Å². The van der Waals surface area contributed by atoms with E-state index in [4.69, 9.17) is 9.94 Å². The maximum atomic E-state index is 11.5. The van der Waals surface area contributed by atoms with E-state index in [-0.39, 0.29) is 5.91 Å². The van der Waals surface area contributed by atoms with Crippen molar-refractivity contribution in [2.45, 2.75) is 4.90 Å². The molecule has 0 atom stereocenters. The molecule has 20 heavy (non-hydrogen) atoms. The van der Waals surface area contributed by atoms with Crippen LogP contribution < -0.4 is 5.32 Å². The zero-order valence-electron chi connectivity index (χ0n) is 11.5. The first kappa shape index (κ1) is 16.7. The number of carbonyl (C=O) groups is 1. The minimum Gasteiger partial charge on any atom is -0.378 e. The second-order valence-electron chi connectivity index (χ2n) is 4.02. The third-order valence-corrected chi connectivity index (χ3v) is 3.09. The summed E-state index contributed by atoms with van der Waals surface area (Å²) in [6.07, 6.45) is 1.50. The summed E-state index contributed by atoms with van der Waals surface area (Å²) in [5, 5.41) is 14.4. The number of rotatable bonds is 9. The highest BCUT2D eigenvalue weighted by molar-refractivity contribution is 8.02. The van der Waals surface area contributed by atoms with E-state index in [1.165, 1.54) is 17.8 Å². The minimum absolute atomic E-state index is 0.142. The first-order valence-corrected chi connectivity index (χ1v) is 7.20. The average Bonchev–Trinajstić information content (AvgIpc) is 2.43. The van der Waals surface area contributed by atoms with Crippen LogP contribution >= 0.6 is 11.8 Å². The minimum atomic E-state index is -0.142. The quantitative estimate of drug-likeness (QED) is 0.315. The second-order valence-corrected chi connectivity index (χ2v) is 5.00. The number of carbonyl (C=O) groups excluding carboxylic acids is 1. The van der Waals surface area contributed by atoms with E-state index in [2.05, 4.69) is 5.32 Å². The zero-order chi connectivity index (χ0) is 14.6. The van der Waals surface area contributed by atoms with Crippen molar-refractivity contribution in [3.63, 3.8) is 0 Å². The molecule has 5 nitrogen and oxygen atoms in total. The molecule has 1 aromatic carbocycles. The van der Waals surface area contributed by atoms with Crippen molar-refractivity contribution >= 4 is 17.7 Å². The molecular weight excluding hydrogens is 276 g/mol. The number of ether oxygens (including phenoxy) is 1. The molecule has 1 rings (SSSR count). The highest BCUT2D eigenvalue weighted by Gasteiger charge is 1.96. The highest BCUT2D eigenvalue weighted by Crippen LogP contribution is 2.17. The van der Waals surface area contributed by atoms with Gasteiger partial charge < -0.3 is 15.3 Å². The zero-order valence-corrected chi connectivity index (χ0v) is 12.3. The second kappa shape index (κ2) is 10.4. The molecule has 1 aromatic rings. The van der Waals surface area contributed by atoms with Crippen LogP contribution in [0.4, 0.5) is 0 Å². The molecule has 0 aliphatic heterocycles. The first-order chi connectivity index (χ1) is 9.68. The van der Waals surface area contributed by atoms with E-state index in [0.29, 0.717) is 26.3 Å². The van der Waals surface area contributed by atoms with E-state index < -0.39 is 0 Å². The van der Waals surface area contributed by atoms with Gasteiger partial charge in [-0.05, 0) is 17.5 Å². The Hall–Kier alpha value is -1.34. The number of nitrogens with one attached hydrogen (secondary N) is 1. The van der Waals surface area contributed by atoms with E-state index >= 15 is 0 Å². The van der Waals surface area contributed by atoms with Crippen LogP contribution in [0.2, 0.25) is 0 Å². The van der Waals surface area contributed by atoms with Crippen molar-refractivity contribution in [3.05, 3.63) is 41.8 Å². The van der Waals surface area contributed by atoms with E-state index in [0.717, 1.165) is 9.96 Å². The Bertz CT molecular complexity index is 410. The van der Waals surface area contributed by atoms with Crippen molar-refractivity contribution < 1.29 is 14.7 Å². The van der Waals surface area contributed by atoms with Crippen LogP contribution in [0.3, 0.4) is 0 Å². The third-order valence-electron chi connectivity index (χ3n) is 2.27. The number of likely N-dealkylation sites (N-methyl/N-ethyl adjacent to an activating group) is 1. The van der Waals surface area contributed by atoms with Gasteiger partial charge in [0.1, 0.15) is 0 Å². The molecule has 1 amide bonds. The van der Waals surface area contributed by atoms with Crippen LogP contribution in [-0.4, -0.2) is 49.5 Å². The number of hydrogen-bond donors (Lipinski definition) is 2. The monoisotopic (exact) mass is 296 g/mol. The summed E-state index contributed by atoms with van der Waals surface area (Å²) in [6.45, 7) is 1.76. The lowest BCUT2D eigenvalue weighted by Crippen LogP contribution is -2.27. The lowest BCUT2D eigenvalue weighted by Gasteiger charge is -2.08. The van der Waals surface area contributed by atoms with Gasteiger partial charge in [0.2, 0.25) is 5.91 Å². The van der Waals surface area contributed by atoms with Crippen LogP contribution in [0.1, 0.15) is 0 Å². The fourth-order valence-corrected chi connectivity index (χ4v) is 1.94. The number of hydroxylamine groups is 2. The number of amides is 1. The van der Waals surface area contributed by atoms with Crippen molar-refractivity contribution in [1.29, 1.82) is 0 Å². The Morgan fingerprint density at radius 2 is 2.15 bits per heavy atom. The SMILES string of the molecule is CN(O)CCOCCNC(=O)C=CSc1ccccc1. The summed E-state index contributed by atoms with van der Waals surface area (Å²) in [4.78, 5) is 12.5. The van der Waals surface area contributed by atoms with Gasteiger partial charge in [-0.1, -0.05) is 30.0 Å². The van der Waals surface area contributed by atoms with Gasteiger partial charge >= 0.3 is 0 Å². The van der Waals surface area contributed by atoms with Crippen molar-refractivity contribution in [2.75, 3.05) is 33.4 Å². The maximum Gasteiger partial charge on any atom is 0.244 e. The lowest BCUT2D eigenvalue weighted by molar-refractivity contribution is -0.116. The van der Waals surface area contributed by atoms with Crippen LogP contribution in [0.25, 0.3) is 0 Å². The smallest absolute Gasteiger partial charge is 0.244 e. The van der Waals surface area contributed by atoms with Crippen LogP contribution in [0, 0.1) is 0 Å². The van der Waals surface area contributed by atoms with Crippen molar-refractivity contribution in [2.24, 2.45) is 0 Å². The van der Waals surface area contributed by atoms with Gasteiger partial charge in [-0.3, -0.25) is 4.79 Å². The standard InChI is InChI=1S/C14H20N2O3S/c1-16(18)9-11-19-10-8-15-14(17)7-12-20-13-5-3-2-4-6-13/h2-7,12,18H,8-11H2,1H3,(H,15,17). The Balaban J connectivity index is 2.05.